The van der Waals surface area contributed by atoms with Crippen molar-refractivity contribution in [1.29, 1.82) is 0 Å². The Balaban J connectivity index is 1.74. The summed E-state index contributed by atoms with van der Waals surface area (Å²) in [7, 11) is 0. The predicted octanol–water partition coefficient (Wildman–Crippen LogP) is 2.79. The summed E-state index contributed by atoms with van der Waals surface area (Å²) in [6.07, 6.45) is 4.15. The number of amides is 2. The van der Waals surface area contributed by atoms with Crippen LogP contribution in [0.25, 0.3) is 0 Å². The third-order valence-corrected chi connectivity index (χ3v) is 6.22. The number of fused-ring (bicyclic) bond motifs is 3. The van der Waals surface area contributed by atoms with Crippen LogP contribution in [-0.4, -0.2) is 56.6 Å². The van der Waals surface area contributed by atoms with E-state index >= 15 is 0 Å². The van der Waals surface area contributed by atoms with Crippen LogP contribution < -0.4 is 4.90 Å². The van der Waals surface area contributed by atoms with E-state index in [9.17, 15) is 9.90 Å². The lowest BCUT2D eigenvalue weighted by Crippen LogP contribution is -2.53. The van der Waals surface area contributed by atoms with Gasteiger partial charge >= 0.3 is 6.03 Å². The molecule has 0 aromatic carbocycles. The fraction of sp³-hybridized carbons (Fsp3) is 0.737. The molecule has 0 spiro atoms. The van der Waals surface area contributed by atoms with Crippen LogP contribution in [0.5, 0.6) is 0 Å². The number of H-pyrrole nitrogens is 1. The molecule has 0 saturated heterocycles. The summed E-state index contributed by atoms with van der Waals surface area (Å²) in [6.45, 7) is 9.50. The number of nitrogens with zero attached hydrogens (tertiary/aromatic N) is 4. The topological polar surface area (TPSA) is 84.8 Å². The van der Waals surface area contributed by atoms with Gasteiger partial charge in [0.2, 0.25) is 0 Å². The lowest BCUT2D eigenvalue weighted by molar-refractivity contribution is 0.00179. The first-order valence-corrected chi connectivity index (χ1v) is 9.74. The molecule has 0 unspecified atom stereocenters. The average molecular weight is 359 g/mol. The molecule has 0 radical (unpaired) electrons. The van der Waals surface area contributed by atoms with E-state index in [1.807, 2.05) is 13.8 Å². The minimum absolute atomic E-state index is 0.0159. The van der Waals surface area contributed by atoms with Crippen LogP contribution in [0.1, 0.15) is 71.3 Å². The van der Waals surface area contributed by atoms with Crippen molar-refractivity contribution in [3.63, 3.8) is 0 Å². The lowest BCUT2D eigenvalue weighted by Gasteiger charge is -2.39. The highest BCUT2D eigenvalue weighted by Crippen LogP contribution is 2.43. The lowest BCUT2D eigenvalue weighted by atomic mass is 9.70. The number of nitrogens with one attached hydrogen (secondary N) is 1. The van der Waals surface area contributed by atoms with E-state index in [4.69, 9.17) is 4.98 Å². The minimum Gasteiger partial charge on any atom is -0.390 e. The van der Waals surface area contributed by atoms with Gasteiger partial charge in [-0.15, -0.1) is 0 Å². The second-order valence-electron chi connectivity index (χ2n) is 8.66. The van der Waals surface area contributed by atoms with Crippen LogP contribution in [0.4, 0.5) is 10.6 Å². The van der Waals surface area contributed by atoms with Crippen LogP contribution in [0, 0.1) is 0 Å². The number of rotatable bonds is 3. The molecule has 26 heavy (non-hydrogen) atoms. The Morgan fingerprint density at radius 2 is 1.96 bits per heavy atom. The molecule has 0 bridgehead atoms. The first-order chi connectivity index (χ1) is 12.3. The van der Waals surface area contributed by atoms with Crippen LogP contribution in [0.3, 0.4) is 0 Å². The van der Waals surface area contributed by atoms with Gasteiger partial charge in [0, 0.05) is 12.0 Å². The molecule has 2 amide bonds. The first kappa shape index (κ1) is 17.5. The number of aliphatic imine (C=N–C) groups is 1. The number of imidazole rings is 1. The predicted molar refractivity (Wildman–Crippen MR) is 101 cm³/mol. The second-order valence-corrected chi connectivity index (χ2v) is 8.66. The monoisotopic (exact) mass is 359 g/mol. The van der Waals surface area contributed by atoms with Gasteiger partial charge in [-0.3, -0.25) is 14.8 Å². The van der Waals surface area contributed by atoms with Gasteiger partial charge < -0.3 is 10.1 Å². The van der Waals surface area contributed by atoms with Crippen molar-refractivity contribution in [3.05, 3.63) is 11.5 Å². The maximum atomic E-state index is 13.0. The largest absolute Gasteiger partial charge is 0.390 e. The zero-order valence-corrected chi connectivity index (χ0v) is 16.2. The quantitative estimate of drug-likeness (QED) is 0.870. The molecular formula is C19H29N5O2. The number of carbonyl (C=O) groups is 1. The highest BCUT2D eigenvalue weighted by molar-refractivity contribution is 6.18. The number of urea groups is 1. The van der Waals surface area contributed by atoms with Gasteiger partial charge in [-0.2, -0.15) is 0 Å². The van der Waals surface area contributed by atoms with E-state index in [1.165, 1.54) is 0 Å². The SMILES string of the molecule is CCCN1C(=O)N2C(=NC[C@H]2C)c2[nH]c(C3(C)CCC(C)(O)CC3)nc21. The van der Waals surface area contributed by atoms with E-state index in [1.54, 1.807) is 9.80 Å². The van der Waals surface area contributed by atoms with Gasteiger partial charge in [-0.05, 0) is 46.0 Å². The molecule has 4 rings (SSSR count). The second kappa shape index (κ2) is 5.81. The van der Waals surface area contributed by atoms with Crippen LogP contribution in [0.2, 0.25) is 0 Å². The molecule has 7 nitrogen and oxygen atoms in total. The van der Waals surface area contributed by atoms with Crippen molar-refractivity contribution in [2.75, 3.05) is 18.0 Å². The number of anilines is 1. The third-order valence-electron chi connectivity index (χ3n) is 6.22. The van der Waals surface area contributed by atoms with Gasteiger partial charge in [0.15, 0.2) is 11.7 Å². The normalized spacial score (nSPS) is 34.0. The van der Waals surface area contributed by atoms with E-state index in [0.717, 1.165) is 55.3 Å². The molecule has 1 aliphatic carbocycles. The smallest absolute Gasteiger partial charge is 0.331 e. The molecule has 1 saturated carbocycles. The van der Waals surface area contributed by atoms with Crippen LogP contribution in [-0.2, 0) is 5.41 Å². The Morgan fingerprint density at radius 1 is 1.27 bits per heavy atom. The van der Waals surface area contributed by atoms with Crippen LogP contribution >= 0.6 is 0 Å². The summed E-state index contributed by atoms with van der Waals surface area (Å²) in [4.78, 5) is 29.6. The van der Waals surface area contributed by atoms with Gasteiger partial charge in [0.25, 0.3) is 0 Å². The van der Waals surface area contributed by atoms with E-state index < -0.39 is 5.60 Å². The number of hydrogen-bond acceptors (Lipinski definition) is 4. The van der Waals surface area contributed by atoms with Crippen LogP contribution in [0.15, 0.2) is 4.99 Å². The highest BCUT2D eigenvalue weighted by Gasteiger charge is 2.45. The maximum Gasteiger partial charge on any atom is 0.331 e. The van der Waals surface area contributed by atoms with Crippen molar-refractivity contribution in [2.24, 2.45) is 4.99 Å². The minimum atomic E-state index is -0.586. The Kier molecular flexibility index (Phi) is 3.91. The van der Waals surface area contributed by atoms with Crippen molar-refractivity contribution >= 4 is 17.7 Å². The molecule has 1 fully saturated rings. The van der Waals surface area contributed by atoms with E-state index in [2.05, 4.69) is 23.8 Å². The molecule has 142 valence electrons. The van der Waals surface area contributed by atoms with Gasteiger partial charge in [0.1, 0.15) is 11.5 Å². The van der Waals surface area contributed by atoms with Gasteiger partial charge in [-0.25, -0.2) is 9.78 Å². The first-order valence-electron chi connectivity index (χ1n) is 9.74. The molecular weight excluding hydrogens is 330 g/mol. The Hall–Kier alpha value is -1.89. The summed E-state index contributed by atoms with van der Waals surface area (Å²) in [5.41, 5.74) is 0.171. The molecule has 1 aromatic heterocycles. The summed E-state index contributed by atoms with van der Waals surface area (Å²) in [5.74, 6) is 2.36. The number of aromatic amines is 1. The highest BCUT2D eigenvalue weighted by atomic mass is 16.3. The molecule has 1 aromatic rings. The summed E-state index contributed by atoms with van der Waals surface area (Å²) >= 11 is 0. The summed E-state index contributed by atoms with van der Waals surface area (Å²) in [6, 6.07) is 0.0648. The zero-order chi connectivity index (χ0) is 18.7. The van der Waals surface area contributed by atoms with E-state index in [-0.39, 0.29) is 17.5 Å². The maximum absolute atomic E-state index is 13.0. The van der Waals surface area contributed by atoms with Crippen molar-refractivity contribution in [1.82, 2.24) is 14.9 Å². The van der Waals surface area contributed by atoms with Gasteiger partial charge in [-0.1, -0.05) is 13.8 Å². The van der Waals surface area contributed by atoms with Crippen molar-refractivity contribution < 1.29 is 9.90 Å². The Labute approximate surface area is 154 Å². The molecule has 7 heteroatoms. The number of hydrogen-bond donors (Lipinski definition) is 2. The fourth-order valence-electron chi connectivity index (χ4n) is 4.29. The van der Waals surface area contributed by atoms with Crippen molar-refractivity contribution in [2.45, 2.75) is 76.9 Å². The Bertz CT molecular complexity index is 756. The number of amidine groups is 1. The molecule has 2 aliphatic heterocycles. The standard InChI is InChI=1S/C19H29N5O2/c1-5-10-23-15-13(14-20-11-12(2)24(14)17(23)25)21-16(22-15)18(3)6-8-19(4,26)9-7-18/h12,26H,5-11H2,1-4H3,(H,21,22)/t12-,18?,19?/m1/s1. The summed E-state index contributed by atoms with van der Waals surface area (Å²) in [5, 5.41) is 10.3. The number of aliphatic hydroxyl groups is 1. The molecule has 2 N–H and O–H groups in total. The summed E-state index contributed by atoms with van der Waals surface area (Å²) < 4.78 is 0. The number of aromatic nitrogens is 2. The van der Waals surface area contributed by atoms with Gasteiger partial charge in [0.05, 0.1) is 18.2 Å². The molecule has 3 heterocycles. The fourth-order valence-corrected chi connectivity index (χ4v) is 4.29. The Morgan fingerprint density at radius 3 is 2.62 bits per heavy atom. The van der Waals surface area contributed by atoms with Crippen molar-refractivity contribution in [3.8, 4) is 0 Å². The average Bonchev–Trinajstić information content (AvgIpc) is 3.19. The molecule has 1 atom stereocenters. The van der Waals surface area contributed by atoms with E-state index in [0.29, 0.717) is 13.1 Å². The third kappa shape index (κ3) is 2.55. The zero-order valence-electron chi connectivity index (χ0n) is 16.2. The number of carbonyl (C=O) groups excluding carboxylic acids is 1. The molecule has 3 aliphatic rings.